The van der Waals surface area contributed by atoms with Gasteiger partial charge in [-0.15, -0.1) is 0 Å². The fourth-order valence-corrected chi connectivity index (χ4v) is 4.84. The molecule has 39 heavy (non-hydrogen) atoms. The van der Waals surface area contributed by atoms with Crippen molar-refractivity contribution in [3.63, 3.8) is 0 Å². The lowest BCUT2D eigenvalue weighted by Gasteiger charge is -2.23. The summed E-state index contributed by atoms with van der Waals surface area (Å²) >= 11 is 0. The molecule has 0 unspecified atom stereocenters. The molecule has 5 rings (SSSR count). The second kappa shape index (κ2) is 11.4. The molecule has 2 N–H and O–H groups in total. The fraction of sp³-hybridized carbons (Fsp3) is 0.267. The van der Waals surface area contributed by atoms with Gasteiger partial charge in [-0.25, -0.2) is 4.98 Å². The lowest BCUT2D eigenvalue weighted by atomic mass is 10.1. The van der Waals surface area contributed by atoms with E-state index in [9.17, 15) is 14.4 Å². The van der Waals surface area contributed by atoms with Gasteiger partial charge >= 0.3 is 5.97 Å². The van der Waals surface area contributed by atoms with Crippen molar-refractivity contribution in [3.8, 4) is 0 Å². The lowest BCUT2D eigenvalue weighted by Crippen LogP contribution is -2.39. The minimum Gasteiger partial charge on any atom is -0.469 e. The van der Waals surface area contributed by atoms with Crippen molar-refractivity contribution in [2.75, 3.05) is 26.0 Å². The number of likely N-dealkylation sites (N-methyl/N-ethyl adjacent to an activating group) is 1. The number of carbonyl (C=O) groups excluding carboxylic acids is 3. The van der Waals surface area contributed by atoms with Crippen molar-refractivity contribution in [1.29, 1.82) is 0 Å². The zero-order valence-corrected chi connectivity index (χ0v) is 22.0. The first-order valence-corrected chi connectivity index (χ1v) is 12.9. The predicted octanol–water partition coefficient (Wildman–Crippen LogP) is 3.76. The number of hydrogen-bond donors (Lipinski definition) is 2. The number of rotatable bonds is 8. The van der Waals surface area contributed by atoms with Crippen LogP contribution in [0.25, 0.3) is 11.0 Å². The highest BCUT2D eigenvalue weighted by Crippen LogP contribution is 2.26. The summed E-state index contributed by atoms with van der Waals surface area (Å²) in [4.78, 5) is 50.0. The molecule has 0 saturated carbocycles. The maximum atomic E-state index is 13.9. The number of nitrogens with one attached hydrogen (secondary N) is 2. The average molecular weight is 526 g/mol. The van der Waals surface area contributed by atoms with Crippen molar-refractivity contribution in [2.24, 2.45) is 0 Å². The summed E-state index contributed by atoms with van der Waals surface area (Å²) in [7, 11) is 2.99. The first-order valence-electron chi connectivity index (χ1n) is 12.9. The van der Waals surface area contributed by atoms with Gasteiger partial charge in [0.25, 0.3) is 5.91 Å². The second-order valence-electron chi connectivity index (χ2n) is 9.71. The molecule has 1 aliphatic rings. The van der Waals surface area contributed by atoms with Crippen LogP contribution in [0.5, 0.6) is 0 Å². The number of benzene rings is 3. The summed E-state index contributed by atoms with van der Waals surface area (Å²) in [6.45, 7) is 1.15. The van der Waals surface area contributed by atoms with Crippen LogP contribution in [0, 0.1) is 0 Å². The standard InChI is InChI=1S/C30H31N5O4/c1-34-18-22-16-21(12-13-23(22)31-26(30(34)38)17-28(36)39-2)29(37)35(15-14-20-8-4-3-5-9-20)19-27-32-24-10-6-7-11-25(24)33-27/h3-13,16,26,31H,14-15,17-19H2,1-2H3,(H,32,33)/t26-/m0/s1. The van der Waals surface area contributed by atoms with Crippen LogP contribution >= 0.6 is 0 Å². The topological polar surface area (TPSA) is 108 Å². The van der Waals surface area contributed by atoms with Crippen LogP contribution in [0.2, 0.25) is 0 Å². The van der Waals surface area contributed by atoms with E-state index >= 15 is 0 Å². The molecule has 0 bridgehead atoms. The van der Waals surface area contributed by atoms with E-state index in [0.29, 0.717) is 43.1 Å². The van der Waals surface area contributed by atoms with E-state index < -0.39 is 12.0 Å². The fourth-order valence-electron chi connectivity index (χ4n) is 4.84. The number of ether oxygens (including phenoxy) is 1. The third-order valence-corrected chi connectivity index (χ3v) is 6.94. The van der Waals surface area contributed by atoms with Crippen LogP contribution in [-0.4, -0.2) is 64.3 Å². The molecule has 200 valence electrons. The molecule has 9 nitrogen and oxygen atoms in total. The van der Waals surface area contributed by atoms with E-state index in [-0.39, 0.29) is 18.2 Å². The van der Waals surface area contributed by atoms with Gasteiger partial charge in [0.1, 0.15) is 11.9 Å². The molecule has 9 heteroatoms. The number of hydrogen-bond acceptors (Lipinski definition) is 6. The van der Waals surface area contributed by atoms with Crippen LogP contribution in [0.1, 0.15) is 33.7 Å². The highest BCUT2D eigenvalue weighted by Gasteiger charge is 2.30. The lowest BCUT2D eigenvalue weighted by molar-refractivity contribution is -0.143. The third kappa shape index (κ3) is 5.93. The van der Waals surface area contributed by atoms with Gasteiger partial charge in [-0.1, -0.05) is 42.5 Å². The Bertz CT molecular complexity index is 1470. The number of aromatic amines is 1. The van der Waals surface area contributed by atoms with E-state index in [1.807, 2.05) is 48.5 Å². The minimum atomic E-state index is -0.735. The smallest absolute Gasteiger partial charge is 0.308 e. The van der Waals surface area contributed by atoms with Crippen LogP contribution in [0.3, 0.4) is 0 Å². The largest absolute Gasteiger partial charge is 0.469 e. The Morgan fingerprint density at radius 3 is 2.62 bits per heavy atom. The molecule has 4 aromatic rings. The van der Waals surface area contributed by atoms with Gasteiger partial charge in [-0.3, -0.25) is 14.4 Å². The number of amides is 2. The molecular weight excluding hydrogens is 494 g/mol. The molecule has 1 aromatic heterocycles. The Kier molecular flexibility index (Phi) is 7.58. The number of esters is 1. The molecule has 0 saturated heterocycles. The van der Waals surface area contributed by atoms with Gasteiger partial charge in [0, 0.05) is 31.4 Å². The number of aromatic nitrogens is 2. The van der Waals surface area contributed by atoms with Gasteiger partial charge in [0.05, 0.1) is 31.1 Å². The number of nitrogens with zero attached hydrogens (tertiary/aromatic N) is 3. The molecule has 3 aromatic carbocycles. The van der Waals surface area contributed by atoms with Gasteiger partial charge in [0.2, 0.25) is 5.91 Å². The Hall–Kier alpha value is -4.66. The molecule has 0 spiro atoms. The second-order valence-corrected chi connectivity index (χ2v) is 9.71. The molecule has 1 atom stereocenters. The number of anilines is 1. The van der Waals surface area contributed by atoms with Gasteiger partial charge in [0.15, 0.2) is 0 Å². The van der Waals surface area contributed by atoms with E-state index in [0.717, 1.165) is 22.2 Å². The van der Waals surface area contributed by atoms with Crippen LogP contribution in [-0.2, 0) is 33.8 Å². The number of H-pyrrole nitrogens is 1. The Labute approximate surface area is 226 Å². The zero-order chi connectivity index (χ0) is 27.4. The summed E-state index contributed by atoms with van der Waals surface area (Å²) in [5, 5.41) is 3.17. The molecule has 2 heterocycles. The first kappa shape index (κ1) is 26.0. The molecule has 0 radical (unpaired) electrons. The molecule has 2 amide bonds. The summed E-state index contributed by atoms with van der Waals surface area (Å²) in [6.07, 6.45) is 0.621. The van der Waals surface area contributed by atoms with Crippen molar-refractivity contribution in [3.05, 3.63) is 95.3 Å². The summed E-state index contributed by atoms with van der Waals surface area (Å²) in [6, 6.07) is 22.5. The third-order valence-electron chi connectivity index (χ3n) is 6.94. The number of fused-ring (bicyclic) bond motifs is 2. The zero-order valence-electron chi connectivity index (χ0n) is 22.0. The Morgan fingerprint density at radius 2 is 1.85 bits per heavy atom. The van der Waals surface area contributed by atoms with Crippen LogP contribution in [0.15, 0.2) is 72.8 Å². The van der Waals surface area contributed by atoms with Crippen molar-refractivity contribution in [1.82, 2.24) is 19.8 Å². The summed E-state index contributed by atoms with van der Waals surface area (Å²) in [5.74, 6) is -0.0912. The molecular formula is C30H31N5O4. The van der Waals surface area contributed by atoms with Gasteiger partial charge in [-0.05, 0) is 47.9 Å². The molecule has 0 aliphatic carbocycles. The van der Waals surface area contributed by atoms with Crippen LogP contribution in [0.4, 0.5) is 5.69 Å². The highest BCUT2D eigenvalue weighted by molar-refractivity contribution is 5.96. The number of para-hydroxylation sites is 2. The van der Waals surface area contributed by atoms with E-state index in [1.54, 1.807) is 29.0 Å². The molecule has 1 aliphatic heterocycles. The van der Waals surface area contributed by atoms with E-state index in [4.69, 9.17) is 4.74 Å². The predicted molar refractivity (Wildman–Crippen MR) is 148 cm³/mol. The van der Waals surface area contributed by atoms with E-state index in [2.05, 4.69) is 27.4 Å². The maximum Gasteiger partial charge on any atom is 0.308 e. The van der Waals surface area contributed by atoms with Crippen molar-refractivity contribution >= 4 is 34.5 Å². The quantitative estimate of drug-likeness (QED) is 0.339. The number of carbonyl (C=O) groups is 3. The van der Waals surface area contributed by atoms with E-state index in [1.165, 1.54) is 7.11 Å². The monoisotopic (exact) mass is 525 g/mol. The summed E-state index contributed by atoms with van der Waals surface area (Å²) in [5.41, 5.74) is 4.96. The Balaban J connectivity index is 1.41. The van der Waals surface area contributed by atoms with Crippen LogP contribution < -0.4 is 5.32 Å². The maximum absolute atomic E-state index is 13.9. The number of imidazole rings is 1. The first-order chi connectivity index (χ1) is 18.9. The van der Waals surface area contributed by atoms with Gasteiger partial charge < -0.3 is 24.8 Å². The average Bonchev–Trinajstić information content (AvgIpc) is 3.33. The molecule has 0 fully saturated rings. The number of methoxy groups -OCH3 is 1. The van der Waals surface area contributed by atoms with Crippen molar-refractivity contribution in [2.45, 2.75) is 32.0 Å². The van der Waals surface area contributed by atoms with Crippen molar-refractivity contribution < 1.29 is 19.1 Å². The highest BCUT2D eigenvalue weighted by atomic mass is 16.5. The Morgan fingerprint density at radius 1 is 1.08 bits per heavy atom. The van der Waals surface area contributed by atoms with Gasteiger partial charge in [-0.2, -0.15) is 0 Å². The SMILES string of the molecule is COC(=O)C[C@@H]1Nc2ccc(C(=O)N(CCc3ccccc3)Cc3nc4ccccc4[nH]3)cc2CN(C)C1=O. The summed E-state index contributed by atoms with van der Waals surface area (Å²) < 4.78 is 4.76. The minimum absolute atomic E-state index is 0.0788. The normalized spacial score (nSPS) is 14.9.